The van der Waals surface area contributed by atoms with E-state index in [1.165, 1.54) is 5.75 Å². The van der Waals surface area contributed by atoms with Gasteiger partial charge in [0.2, 0.25) is 0 Å². The Labute approximate surface area is 85.6 Å². The van der Waals surface area contributed by atoms with Crippen LogP contribution >= 0.6 is 11.8 Å². The summed E-state index contributed by atoms with van der Waals surface area (Å²) in [5.74, 6) is 2.28. The van der Waals surface area contributed by atoms with E-state index >= 15 is 0 Å². The monoisotopic (exact) mass is 203 g/mol. The first-order chi connectivity index (χ1) is 6.04. The van der Waals surface area contributed by atoms with Crippen LogP contribution in [0.3, 0.4) is 0 Å². The summed E-state index contributed by atoms with van der Waals surface area (Å²) in [6.07, 6.45) is 1.09. The molecule has 0 aromatic heterocycles. The van der Waals surface area contributed by atoms with Gasteiger partial charge in [0.15, 0.2) is 0 Å². The molecule has 0 aromatic rings. The molecule has 1 rings (SSSR count). The lowest BCUT2D eigenvalue weighted by Crippen LogP contribution is -2.50. The SMILES string of the molecule is CCOC1(CN)CSCC(C)(C)C1. The van der Waals surface area contributed by atoms with E-state index in [1.807, 2.05) is 18.7 Å². The number of nitrogens with two attached hydrogens (primary N) is 1. The highest BCUT2D eigenvalue weighted by Gasteiger charge is 2.40. The van der Waals surface area contributed by atoms with Crippen LogP contribution in [-0.2, 0) is 4.74 Å². The standard InChI is InChI=1S/C10H21NOS/c1-4-12-10(6-11)5-9(2,3)7-13-8-10/h4-8,11H2,1-3H3. The van der Waals surface area contributed by atoms with E-state index in [0.29, 0.717) is 12.0 Å². The van der Waals surface area contributed by atoms with Crippen molar-refractivity contribution in [3.05, 3.63) is 0 Å². The second-order valence-electron chi connectivity index (χ2n) is 4.65. The van der Waals surface area contributed by atoms with Gasteiger partial charge in [0.25, 0.3) is 0 Å². The quantitative estimate of drug-likeness (QED) is 0.760. The minimum absolute atomic E-state index is 0.0544. The summed E-state index contributed by atoms with van der Waals surface area (Å²) in [5, 5.41) is 0. The van der Waals surface area contributed by atoms with Crippen LogP contribution in [0.15, 0.2) is 0 Å². The van der Waals surface area contributed by atoms with Gasteiger partial charge in [-0.2, -0.15) is 11.8 Å². The van der Waals surface area contributed by atoms with Crippen LogP contribution in [-0.4, -0.2) is 30.3 Å². The highest BCUT2D eigenvalue weighted by Crippen LogP contribution is 2.40. The van der Waals surface area contributed by atoms with E-state index < -0.39 is 0 Å². The van der Waals surface area contributed by atoms with E-state index in [-0.39, 0.29) is 5.60 Å². The smallest absolute Gasteiger partial charge is 0.0899 e. The fraction of sp³-hybridized carbons (Fsp3) is 1.00. The summed E-state index contributed by atoms with van der Waals surface area (Å²) >= 11 is 1.97. The molecule has 2 N–H and O–H groups in total. The first kappa shape index (κ1) is 11.3. The lowest BCUT2D eigenvalue weighted by molar-refractivity contribution is -0.0431. The summed E-state index contributed by atoms with van der Waals surface area (Å²) in [6.45, 7) is 8.06. The van der Waals surface area contributed by atoms with Gasteiger partial charge in [0, 0.05) is 18.9 Å². The Bertz CT molecular complexity index is 168. The summed E-state index contributed by atoms with van der Waals surface area (Å²) in [6, 6.07) is 0. The van der Waals surface area contributed by atoms with Gasteiger partial charge in [-0.1, -0.05) is 13.8 Å². The Morgan fingerprint density at radius 2 is 2.08 bits per heavy atom. The maximum Gasteiger partial charge on any atom is 0.0899 e. The second-order valence-corrected chi connectivity index (χ2v) is 5.64. The molecule has 0 saturated carbocycles. The lowest BCUT2D eigenvalue weighted by Gasteiger charge is -2.43. The Hall–Kier alpha value is 0.270. The van der Waals surface area contributed by atoms with E-state index in [0.717, 1.165) is 18.8 Å². The van der Waals surface area contributed by atoms with Gasteiger partial charge in [0.05, 0.1) is 5.60 Å². The van der Waals surface area contributed by atoms with Crippen molar-refractivity contribution in [3.63, 3.8) is 0 Å². The summed E-state index contributed by atoms with van der Waals surface area (Å²) < 4.78 is 5.81. The molecule has 1 saturated heterocycles. The van der Waals surface area contributed by atoms with Gasteiger partial charge in [-0.3, -0.25) is 0 Å². The molecule has 0 radical (unpaired) electrons. The third kappa shape index (κ3) is 2.86. The number of thioether (sulfide) groups is 1. The molecule has 13 heavy (non-hydrogen) atoms. The van der Waals surface area contributed by atoms with Gasteiger partial charge in [-0.05, 0) is 24.5 Å². The molecule has 1 atom stereocenters. The summed E-state index contributed by atoms with van der Waals surface area (Å²) in [5.41, 5.74) is 6.13. The molecule has 1 aliphatic heterocycles. The normalized spacial score (nSPS) is 33.2. The lowest BCUT2D eigenvalue weighted by atomic mass is 9.82. The van der Waals surface area contributed by atoms with Gasteiger partial charge in [0.1, 0.15) is 0 Å². The maximum absolute atomic E-state index is 5.81. The molecule has 1 fully saturated rings. The van der Waals surface area contributed by atoms with Crippen molar-refractivity contribution in [3.8, 4) is 0 Å². The molecule has 0 spiro atoms. The molecule has 2 nitrogen and oxygen atoms in total. The topological polar surface area (TPSA) is 35.2 Å². The fourth-order valence-corrected chi connectivity index (χ4v) is 3.51. The van der Waals surface area contributed by atoms with E-state index in [1.54, 1.807) is 0 Å². The third-order valence-corrected chi connectivity index (χ3v) is 4.20. The molecule has 1 unspecified atom stereocenters. The largest absolute Gasteiger partial charge is 0.373 e. The number of hydrogen-bond donors (Lipinski definition) is 1. The van der Waals surface area contributed by atoms with Crippen LogP contribution in [0.25, 0.3) is 0 Å². The van der Waals surface area contributed by atoms with Crippen LogP contribution in [0.4, 0.5) is 0 Å². The molecular weight excluding hydrogens is 182 g/mol. The molecule has 1 aliphatic rings. The van der Waals surface area contributed by atoms with Crippen molar-refractivity contribution in [2.45, 2.75) is 32.8 Å². The molecule has 0 amide bonds. The van der Waals surface area contributed by atoms with Crippen LogP contribution in [0.2, 0.25) is 0 Å². The molecular formula is C10H21NOS. The van der Waals surface area contributed by atoms with Gasteiger partial charge in [-0.25, -0.2) is 0 Å². The van der Waals surface area contributed by atoms with Gasteiger partial charge in [-0.15, -0.1) is 0 Å². The first-order valence-electron chi connectivity index (χ1n) is 4.95. The Morgan fingerprint density at radius 3 is 2.54 bits per heavy atom. The second kappa shape index (κ2) is 4.20. The van der Waals surface area contributed by atoms with Crippen LogP contribution in [0.5, 0.6) is 0 Å². The zero-order valence-corrected chi connectivity index (χ0v) is 9.75. The summed E-state index contributed by atoms with van der Waals surface area (Å²) in [7, 11) is 0. The highest BCUT2D eigenvalue weighted by molar-refractivity contribution is 7.99. The average molecular weight is 203 g/mol. The van der Waals surface area contributed by atoms with Crippen molar-refractivity contribution in [1.29, 1.82) is 0 Å². The number of hydrogen-bond acceptors (Lipinski definition) is 3. The number of ether oxygens (including phenoxy) is 1. The van der Waals surface area contributed by atoms with E-state index in [9.17, 15) is 0 Å². The van der Waals surface area contributed by atoms with Crippen LogP contribution in [0.1, 0.15) is 27.2 Å². The van der Waals surface area contributed by atoms with Gasteiger partial charge >= 0.3 is 0 Å². The zero-order chi connectivity index (χ0) is 9.95. The number of rotatable bonds is 3. The third-order valence-electron chi connectivity index (χ3n) is 2.48. The van der Waals surface area contributed by atoms with Crippen molar-refractivity contribution >= 4 is 11.8 Å². The van der Waals surface area contributed by atoms with E-state index in [2.05, 4.69) is 13.8 Å². The molecule has 0 aromatic carbocycles. The van der Waals surface area contributed by atoms with Crippen molar-refractivity contribution in [2.24, 2.45) is 11.1 Å². The van der Waals surface area contributed by atoms with Crippen molar-refractivity contribution in [2.75, 3.05) is 24.7 Å². The Morgan fingerprint density at radius 1 is 1.38 bits per heavy atom. The van der Waals surface area contributed by atoms with Gasteiger partial charge < -0.3 is 10.5 Å². The molecule has 1 heterocycles. The minimum atomic E-state index is -0.0544. The predicted molar refractivity (Wildman–Crippen MR) is 59.1 cm³/mol. The van der Waals surface area contributed by atoms with Crippen LogP contribution < -0.4 is 5.73 Å². The Kier molecular flexibility index (Phi) is 3.66. The average Bonchev–Trinajstić information content (AvgIpc) is 2.03. The predicted octanol–water partition coefficient (Wildman–Crippen LogP) is 1.88. The van der Waals surface area contributed by atoms with Crippen molar-refractivity contribution in [1.82, 2.24) is 0 Å². The maximum atomic E-state index is 5.81. The van der Waals surface area contributed by atoms with Crippen molar-refractivity contribution < 1.29 is 4.74 Å². The molecule has 0 bridgehead atoms. The van der Waals surface area contributed by atoms with E-state index in [4.69, 9.17) is 10.5 Å². The van der Waals surface area contributed by atoms with Crippen LogP contribution in [0, 0.1) is 5.41 Å². The summed E-state index contributed by atoms with van der Waals surface area (Å²) in [4.78, 5) is 0. The fourth-order valence-electron chi connectivity index (χ4n) is 2.08. The Balaban J connectivity index is 2.64. The molecule has 0 aliphatic carbocycles. The highest BCUT2D eigenvalue weighted by atomic mass is 32.2. The molecule has 3 heteroatoms. The minimum Gasteiger partial charge on any atom is -0.373 e. The first-order valence-corrected chi connectivity index (χ1v) is 6.11. The zero-order valence-electron chi connectivity index (χ0n) is 8.93. The molecule has 78 valence electrons.